The standard InChI is InChI=1S/C13H17N3O4S/c1-16(21(17,18)13-6-7-14-15-13)9-10-4-5-11(19-2)12(8-10)20-3/h4-8H,9H2,1-3H3,(H,14,15). The minimum atomic E-state index is -3.59. The molecule has 2 aromatic rings. The highest BCUT2D eigenvalue weighted by molar-refractivity contribution is 7.89. The number of methoxy groups -OCH3 is 2. The fourth-order valence-corrected chi connectivity index (χ4v) is 2.93. The van der Waals surface area contributed by atoms with Crippen molar-refractivity contribution in [2.75, 3.05) is 21.3 Å². The Kier molecular flexibility index (Phi) is 4.49. The number of rotatable bonds is 6. The van der Waals surface area contributed by atoms with E-state index in [0.29, 0.717) is 11.5 Å². The molecule has 1 aromatic carbocycles. The summed E-state index contributed by atoms with van der Waals surface area (Å²) in [4.78, 5) is 0. The monoisotopic (exact) mass is 311 g/mol. The van der Waals surface area contributed by atoms with Gasteiger partial charge in [0, 0.05) is 13.6 Å². The van der Waals surface area contributed by atoms with Crippen molar-refractivity contribution in [3.05, 3.63) is 36.0 Å². The molecule has 1 aromatic heterocycles. The summed E-state index contributed by atoms with van der Waals surface area (Å²) in [5.74, 6) is 1.16. The van der Waals surface area contributed by atoms with Gasteiger partial charge in [0.05, 0.1) is 20.4 Å². The van der Waals surface area contributed by atoms with Crippen LogP contribution in [-0.2, 0) is 16.6 Å². The van der Waals surface area contributed by atoms with Crippen molar-refractivity contribution in [2.24, 2.45) is 0 Å². The van der Waals surface area contributed by atoms with E-state index in [-0.39, 0.29) is 11.6 Å². The largest absolute Gasteiger partial charge is 0.493 e. The van der Waals surface area contributed by atoms with Crippen molar-refractivity contribution in [3.63, 3.8) is 0 Å². The molecule has 0 radical (unpaired) electrons. The molecule has 0 amide bonds. The van der Waals surface area contributed by atoms with E-state index < -0.39 is 10.0 Å². The highest BCUT2D eigenvalue weighted by Gasteiger charge is 2.22. The average Bonchev–Trinajstić information content (AvgIpc) is 3.01. The summed E-state index contributed by atoms with van der Waals surface area (Å²) in [6, 6.07) is 6.70. The Morgan fingerprint density at radius 3 is 2.48 bits per heavy atom. The van der Waals surface area contributed by atoms with Gasteiger partial charge in [-0.2, -0.15) is 9.40 Å². The smallest absolute Gasteiger partial charge is 0.260 e. The van der Waals surface area contributed by atoms with E-state index in [2.05, 4.69) is 10.2 Å². The molecule has 7 nitrogen and oxygen atoms in total. The molecule has 8 heteroatoms. The second kappa shape index (κ2) is 6.15. The Hall–Kier alpha value is -2.06. The first-order chi connectivity index (χ1) is 9.98. The third-order valence-electron chi connectivity index (χ3n) is 3.02. The van der Waals surface area contributed by atoms with Crippen LogP contribution in [0.3, 0.4) is 0 Å². The molecule has 0 saturated carbocycles. The highest BCUT2D eigenvalue weighted by atomic mass is 32.2. The van der Waals surface area contributed by atoms with Crippen LogP contribution in [0.2, 0.25) is 0 Å². The second-order valence-electron chi connectivity index (χ2n) is 4.37. The average molecular weight is 311 g/mol. The number of aromatic nitrogens is 2. The lowest BCUT2D eigenvalue weighted by atomic mass is 10.2. The van der Waals surface area contributed by atoms with Crippen molar-refractivity contribution in [2.45, 2.75) is 11.6 Å². The van der Waals surface area contributed by atoms with Crippen LogP contribution in [0, 0.1) is 0 Å². The minimum Gasteiger partial charge on any atom is -0.493 e. The first-order valence-electron chi connectivity index (χ1n) is 6.15. The number of hydrogen-bond acceptors (Lipinski definition) is 5. The molecule has 0 atom stereocenters. The van der Waals surface area contributed by atoms with Gasteiger partial charge in [-0.1, -0.05) is 6.07 Å². The van der Waals surface area contributed by atoms with E-state index in [0.717, 1.165) is 5.56 Å². The minimum absolute atomic E-state index is 0.0606. The molecule has 0 aliphatic carbocycles. The van der Waals surface area contributed by atoms with Gasteiger partial charge in [-0.05, 0) is 23.8 Å². The summed E-state index contributed by atoms with van der Waals surface area (Å²) in [6.07, 6.45) is 1.40. The topological polar surface area (TPSA) is 84.5 Å². The lowest BCUT2D eigenvalue weighted by Gasteiger charge is -2.17. The second-order valence-corrected chi connectivity index (χ2v) is 6.38. The molecule has 0 aliphatic heterocycles. The Morgan fingerprint density at radius 2 is 1.90 bits per heavy atom. The van der Waals surface area contributed by atoms with Gasteiger partial charge in [-0.3, -0.25) is 5.10 Å². The summed E-state index contributed by atoms with van der Waals surface area (Å²) in [7, 11) is 1.00. The first kappa shape index (κ1) is 15.3. The molecule has 114 valence electrons. The Balaban J connectivity index is 2.22. The fraction of sp³-hybridized carbons (Fsp3) is 0.308. The number of benzene rings is 1. The zero-order valence-electron chi connectivity index (χ0n) is 12.0. The van der Waals surface area contributed by atoms with Crippen LogP contribution in [0.25, 0.3) is 0 Å². The number of hydrogen-bond donors (Lipinski definition) is 1. The van der Waals surface area contributed by atoms with Crippen molar-refractivity contribution < 1.29 is 17.9 Å². The summed E-state index contributed by atoms with van der Waals surface area (Å²) >= 11 is 0. The summed E-state index contributed by atoms with van der Waals surface area (Å²) in [6.45, 7) is 0.210. The van der Waals surface area contributed by atoms with E-state index in [1.54, 1.807) is 25.3 Å². The SMILES string of the molecule is COc1ccc(CN(C)S(=O)(=O)c2ccn[nH]2)cc1OC. The molecular formula is C13H17N3O4S. The number of nitrogens with zero attached hydrogens (tertiary/aromatic N) is 2. The van der Waals surface area contributed by atoms with Crippen LogP contribution in [0.1, 0.15) is 5.56 Å². The van der Waals surface area contributed by atoms with E-state index in [1.165, 1.54) is 30.7 Å². The Morgan fingerprint density at radius 1 is 1.19 bits per heavy atom. The van der Waals surface area contributed by atoms with E-state index in [4.69, 9.17) is 9.47 Å². The summed E-state index contributed by atoms with van der Waals surface area (Å²) in [5.41, 5.74) is 0.790. The summed E-state index contributed by atoms with van der Waals surface area (Å²) < 4.78 is 36.1. The number of nitrogens with one attached hydrogen (secondary N) is 1. The van der Waals surface area contributed by atoms with Crippen LogP contribution >= 0.6 is 0 Å². The van der Waals surface area contributed by atoms with Gasteiger partial charge in [-0.15, -0.1) is 0 Å². The van der Waals surface area contributed by atoms with Crippen molar-refractivity contribution >= 4 is 10.0 Å². The molecule has 0 fully saturated rings. The van der Waals surface area contributed by atoms with Crippen molar-refractivity contribution in [3.8, 4) is 11.5 Å². The van der Waals surface area contributed by atoms with E-state index in [1.807, 2.05) is 0 Å². The number of sulfonamides is 1. The van der Waals surface area contributed by atoms with Gasteiger partial charge in [0.2, 0.25) is 0 Å². The summed E-state index contributed by atoms with van der Waals surface area (Å²) in [5, 5.41) is 6.18. The van der Waals surface area contributed by atoms with E-state index in [9.17, 15) is 8.42 Å². The maximum Gasteiger partial charge on any atom is 0.260 e. The van der Waals surface area contributed by atoms with Gasteiger partial charge < -0.3 is 9.47 Å². The zero-order valence-corrected chi connectivity index (χ0v) is 12.8. The lowest BCUT2D eigenvalue weighted by molar-refractivity contribution is 0.354. The lowest BCUT2D eigenvalue weighted by Crippen LogP contribution is -2.26. The van der Waals surface area contributed by atoms with Crippen LogP contribution in [0.4, 0.5) is 0 Å². The van der Waals surface area contributed by atoms with E-state index >= 15 is 0 Å². The van der Waals surface area contributed by atoms with Gasteiger partial charge >= 0.3 is 0 Å². The maximum absolute atomic E-state index is 12.3. The molecule has 1 N–H and O–H groups in total. The van der Waals surface area contributed by atoms with Crippen LogP contribution in [0.5, 0.6) is 11.5 Å². The molecule has 0 bridgehead atoms. The van der Waals surface area contributed by atoms with Crippen LogP contribution in [-0.4, -0.2) is 44.2 Å². The van der Waals surface area contributed by atoms with Crippen molar-refractivity contribution in [1.29, 1.82) is 0 Å². The normalized spacial score (nSPS) is 11.6. The van der Waals surface area contributed by atoms with Gasteiger partial charge in [-0.25, -0.2) is 8.42 Å². The van der Waals surface area contributed by atoms with Crippen LogP contribution in [0.15, 0.2) is 35.5 Å². The molecule has 1 heterocycles. The quantitative estimate of drug-likeness (QED) is 0.868. The Labute approximate surface area is 123 Å². The number of aromatic amines is 1. The molecule has 0 unspecified atom stereocenters. The predicted molar refractivity (Wildman–Crippen MR) is 76.8 cm³/mol. The molecule has 0 spiro atoms. The number of ether oxygens (including phenoxy) is 2. The zero-order chi connectivity index (χ0) is 15.5. The molecule has 2 rings (SSSR count). The molecule has 21 heavy (non-hydrogen) atoms. The fourth-order valence-electron chi connectivity index (χ4n) is 1.88. The molecule has 0 saturated heterocycles. The predicted octanol–water partition coefficient (Wildman–Crippen LogP) is 1.25. The maximum atomic E-state index is 12.3. The first-order valence-corrected chi connectivity index (χ1v) is 7.59. The van der Waals surface area contributed by atoms with Gasteiger partial charge in [0.25, 0.3) is 10.0 Å². The third-order valence-corrected chi connectivity index (χ3v) is 4.75. The van der Waals surface area contributed by atoms with Crippen molar-refractivity contribution in [1.82, 2.24) is 14.5 Å². The molecular weight excluding hydrogens is 294 g/mol. The van der Waals surface area contributed by atoms with Gasteiger partial charge in [0.15, 0.2) is 16.5 Å². The van der Waals surface area contributed by atoms with Gasteiger partial charge in [0.1, 0.15) is 0 Å². The number of H-pyrrole nitrogens is 1. The third kappa shape index (κ3) is 3.17. The Bertz CT molecular complexity index is 698. The molecule has 0 aliphatic rings. The highest BCUT2D eigenvalue weighted by Crippen LogP contribution is 2.28. The van der Waals surface area contributed by atoms with Crippen LogP contribution < -0.4 is 9.47 Å².